The molecular weight excluding hydrogens is 383 g/mol. The molecule has 2 heterocycles. The fourth-order valence-corrected chi connectivity index (χ4v) is 3.54. The summed E-state index contributed by atoms with van der Waals surface area (Å²) in [6.45, 7) is 9.73. The minimum Gasteiger partial charge on any atom is -0.351 e. The smallest absolute Gasteiger partial charge is 0.193 e. The van der Waals surface area contributed by atoms with Crippen LogP contribution in [0.3, 0.4) is 0 Å². The van der Waals surface area contributed by atoms with Gasteiger partial charge in [0, 0.05) is 25.0 Å². The van der Waals surface area contributed by atoms with Crippen LogP contribution >= 0.6 is 35.3 Å². The third kappa shape index (κ3) is 4.58. The lowest BCUT2D eigenvalue weighted by atomic mass is 9.92. The first-order valence-electron chi connectivity index (χ1n) is 6.94. The Morgan fingerprint density at radius 3 is 2.60 bits per heavy atom. The monoisotopic (exact) mass is 408 g/mol. The Morgan fingerprint density at radius 1 is 1.45 bits per heavy atom. The van der Waals surface area contributed by atoms with Crippen molar-refractivity contribution in [2.45, 2.75) is 33.7 Å². The molecule has 0 radical (unpaired) electrons. The molecule has 0 amide bonds. The van der Waals surface area contributed by atoms with Gasteiger partial charge in [0.25, 0.3) is 0 Å². The van der Waals surface area contributed by atoms with Crippen molar-refractivity contribution < 1.29 is 0 Å². The number of likely N-dealkylation sites (tertiary alicyclic amines) is 1. The van der Waals surface area contributed by atoms with E-state index in [1.54, 1.807) is 11.3 Å². The number of thiazole rings is 1. The molecule has 1 fully saturated rings. The van der Waals surface area contributed by atoms with E-state index in [1.165, 1.54) is 11.3 Å². The van der Waals surface area contributed by atoms with Crippen LogP contribution in [0, 0.1) is 18.8 Å². The number of guanidine groups is 1. The Morgan fingerprint density at radius 2 is 2.10 bits per heavy atom. The lowest BCUT2D eigenvalue weighted by Crippen LogP contribution is -2.48. The van der Waals surface area contributed by atoms with Crippen molar-refractivity contribution in [3.8, 4) is 0 Å². The summed E-state index contributed by atoms with van der Waals surface area (Å²) in [4.78, 5) is 12.4. The van der Waals surface area contributed by atoms with Crippen molar-refractivity contribution in [3.05, 3.63) is 16.1 Å². The van der Waals surface area contributed by atoms with Gasteiger partial charge in [0.1, 0.15) is 0 Å². The van der Waals surface area contributed by atoms with Gasteiger partial charge in [-0.3, -0.25) is 4.99 Å². The highest BCUT2D eigenvalue weighted by atomic mass is 127. The first kappa shape index (κ1) is 17.7. The molecule has 2 rings (SSSR count). The molecule has 114 valence electrons. The van der Waals surface area contributed by atoms with Crippen LogP contribution in [0.4, 0.5) is 0 Å². The Balaban J connectivity index is 0.00000200. The second-order valence-electron chi connectivity index (χ2n) is 5.61. The largest absolute Gasteiger partial charge is 0.351 e. The molecule has 1 saturated heterocycles. The lowest BCUT2D eigenvalue weighted by Gasteiger charge is -2.37. The fourth-order valence-electron chi connectivity index (χ4n) is 2.82. The van der Waals surface area contributed by atoms with Crippen molar-refractivity contribution in [1.29, 1.82) is 0 Å². The summed E-state index contributed by atoms with van der Waals surface area (Å²) in [5, 5.41) is 3.47. The van der Waals surface area contributed by atoms with Crippen molar-refractivity contribution >= 4 is 41.3 Å². The minimum atomic E-state index is 0. The van der Waals surface area contributed by atoms with E-state index in [4.69, 9.17) is 0 Å². The SMILES string of the molecule is CN=C(NCc1scnc1C)N1CC(C)CC(C)C1.I. The van der Waals surface area contributed by atoms with E-state index in [9.17, 15) is 0 Å². The summed E-state index contributed by atoms with van der Waals surface area (Å²) in [5.41, 5.74) is 3.02. The number of nitrogens with zero attached hydrogens (tertiary/aromatic N) is 3. The molecule has 0 saturated carbocycles. The van der Waals surface area contributed by atoms with Crippen molar-refractivity contribution in [2.24, 2.45) is 16.8 Å². The van der Waals surface area contributed by atoms with Crippen LogP contribution in [0.25, 0.3) is 0 Å². The van der Waals surface area contributed by atoms with Crippen LogP contribution in [-0.4, -0.2) is 36.0 Å². The van der Waals surface area contributed by atoms with Crippen LogP contribution in [-0.2, 0) is 6.54 Å². The van der Waals surface area contributed by atoms with Crippen molar-refractivity contribution in [2.75, 3.05) is 20.1 Å². The van der Waals surface area contributed by atoms with Crippen molar-refractivity contribution in [3.63, 3.8) is 0 Å². The first-order valence-corrected chi connectivity index (χ1v) is 7.82. The Bertz CT molecular complexity index is 436. The molecule has 4 nitrogen and oxygen atoms in total. The first-order chi connectivity index (χ1) is 9.10. The molecule has 1 aromatic heterocycles. The third-order valence-corrected chi connectivity index (χ3v) is 4.57. The summed E-state index contributed by atoms with van der Waals surface area (Å²) in [6.07, 6.45) is 1.32. The molecule has 1 N–H and O–H groups in total. The van der Waals surface area contributed by atoms with Crippen LogP contribution in [0.2, 0.25) is 0 Å². The zero-order chi connectivity index (χ0) is 13.8. The average molecular weight is 408 g/mol. The zero-order valence-corrected chi connectivity index (χ0v) is 15.9. The standard InChI is InChI=1S/C14H24N4S.HI/c1-10-5-11(2)8-18(7-10)14(15-4)16-6-13-12(3)17-9-19-13;/h9-11H,5-8H2,1-4H3,(H,15,16);1H. The number of aromatic nitrogens is 1. The van der Waals surface area contributed by atoms with E-state index >= 15 is 0 Å². The molecule has 1 aromatic rings. The van der Waals surface area contributed by atoms with Gasteiger partial charge in [-0.1, -0.05) is 13.8 Å². The molecule has 1 aliphatic rings. The number of halogens is 1. The quantitative estimate of drug-likeness (QED) is 0.465. The molecular formula is C14H25IN4S. The van der Waals surface area contributed by atoms with Gasteiger partial charge in [-0.2, -0.15) is 0 Å². The average Bonchev–Trinajstić information content (AvgIpc) is 2.75. The number of hydrogen-bond acceptors (Lipinski definition) is 3. The van der Waals surface area contributed by atoms with E-state index in [2.05, 4.69) is 41.0 Å². The molecule has 0 spiro atoms. The van der Waals surface area contributed by atoms with Gasteiger partial charge in [0.15, 0.2) is 5.96 Å². The summed E-state index contributed by atoms with van der Waals surface area (Å²) in [5.74, 6) is 2.51. The van der Waals surface area contributed by atoms with Gasteiger partial charge < -0.3 is 10.2 Å². The number of piperidine rings is 1. The van der Waals surface area contributed by atoms with Crippen LogP contribution in [0.1, 0.15) is 30.8 Å². The summed E-state index contributed by atoms with van der Waals surface area (Å²) < 4.78 is 0. The zero-order valence-electron chi connectivity index (χ0n) is 12.7. The summed E-state index contributed by atoms with van der Waals surface area (Å²) >= 11 is 1.70. The van der Waals surface area contributed by atoms with E-state index in [1.807, 2.05) is 12.6 Å². The molecule has 1 aliphatic heterocycles. The van der Waals surface area contributed by atoms with Gasteiger partial charge in [-0.15, -0.1) is 35.3 Å². The molecule has 2 unspecified atom stereocenters. The predicted molar refractivity (Wildman–Crippen MR) is 97.0 cm³/mol. The van der Waals surface area contributed by atoms with Gasteiger partial charge >= 0.3 is 0 Å². The van der Waals surface area contributed by atoms with Crippen molar-refractivity contribution in [1.82, 2.24) is 15.2 Å². The maximum Gasteiger partial charge on any atom is 0.193 e. The number of nitrogens with one attached hydrogen (secondary N) is 1. The Hall–Kier alpha value is -0.370. The van der Waals surface area contributed by atoms with Gasteiger partial charge in [-0.25, -0.2) is 4.98 Å². The number of hydrogen-bond donors (Lipinski definition) is 1. The van der Waals surface area contributed by atoms with Gasteiger partial charge in [-0.05, 0) is 25.2 Å². The highest BCUT2D eigenvalue weighted by molar-refractivity contribution is 14.0. The molecule has 6 heteroatoms. The van der Waals surface area contributed by atoms with E-state index in [-0.39, 0.29) is 24.0 Å². The Kier molecular flexibility index (Phi) is 7.22. The maximum atomic E-state index is 4.43. The van der Waals surface area contributed by atoms with E-state index in [0.29, 0.717) is 0 Å². The summed E-state index contributed by atoms with van der Waals surface area (Å²) in [7, 11) is 1.87. The number of rotatable bonds is 2. The highest BCUT2D eigenvalue weighted by Gasteiger charge is 2.23. The highest BCUT2D eigenvalue weighted by Crippen LogP contribution is 2.21. The number of aliphatic imine (C=N–C) groups is 1. The lowest BCUT2D eigenvalue weighted by molar-refractivity contribution is 0.208. The molecule has 0 aliphatic carbocycles. The van der Waals surface area contributed by atoms with E-state index in [0.717, 1.165) is 43.1 Å². The van der Waals surface area contributed by atoms with Crippen LogP contribution in [0.5, 0.6) is 0 Å². The second kappa shape index (κ2) is 8.17. The predicted octanol–water partition coefficient (Wildman–Crippen LogP) is 3.12. The maximum absolute atomic E-state index is 4.43. The molecule has 0 bridgehead atoms. The Labute approximate surface area is 143 Å². The third-order valence-electron chi connectivity index (χ3n) is 3.63. The second-order valence-corrected chi connectivity index (χ2v) is 6.55. The topological polar surface area (TPSA) is 40.5 Å². The summed E-state index contributed by atoms with van der Waals surface area (Å²) in [6, 6.07) is 0. The van der Waals surface area contributed by atoms with Gasteiger partial charge in [0.05, 0.1) is 17.7 Å². The van der Waals surface area contributed by atoms with E-state index < -0.39 is 0 Å². The number of aryl methyl sites for hydroxylation is 1. The van der Waals surface area contributed by atoms with Crippen LogP contribution in [0.15, 0.2) is 10.5 Å². The molecule has 20 heavy (non-hydrogen) atoms. The minimum absolute atomic E-state index is 0. The fraction of sp³-hybridized carbons (Fsp3) is 0.714. The molecule has 0 aromatic carbocycles. The van der Waals surface area contributed by atoms with Gasteiger partial charge in [0.2, 0.25) is 0 Å². The van der Waals surface area contributed by atoms with Crippen LogP contribution < -0.4 is 5.32 Å². The molecule has 2 atom stereocenters. The normalized spacial score (nSPS) is 23.4.